The standard InChI is InChI=1S/C17H24N2O2/c1-12-8-13(2)10-15(9-12)18-17(21)11-19(14(3)20)16-6-4-5-7-16/h8-10,16H,4-7,11H2,1-3H3,(H,18,21). The summed E-state index contributed by atoms with van der Waals surface area (Å²) in [6, 6.07) is 6.18. The van der Waals surface area contributed by atoms with Gasteiger partial charge in [0.1, 0.15) is 6.54 Å². The third-order valence-electron chi connectivity index (χ3n) is 3.99. The minimum Gasteiger partial charge on any atom is -0.331 e. The van der Waals surface area contributed by atoms with Crippen LogP contribution in [0.25, 0.3) is 0 Å². The van der Waals surface area contributed by atoms with Crippen molar-refractivity contribution in [1.82, 2.24) is 4.90 Å². The van der Waals surface area contributed by atoms with Crippen molar-refractivity contribution < 1.29 is 9.59 Å². The first-order valence-corrected chi connectivity index (χ1v) is 7.61. The fourth-order valence-corrected chi connectivity index (χ4v) is 3.12. The zero-order valence-corrected chi connectivity index (χ0v) is 13.1. The fourth-order valence-electron chi connectivity index (χ4n) is 3.12. The maximum atomic E-state index is 12.2. The number of hydrogen-bond acceptors (Lipinski definition) is 2. The molecule has 0 atom stereocenters. The minimum atomic E-state index is -0.123. The van der Waals surface area contributed by atoms with E-state index >= 15 is 0 Å². The van der Waals surface area contributed by atoms with Gasteiger partial charge in [0.15, 0.2) is 0 Å². The largest absolute Gasteiger partial charge is 0.331 e. The predicted molar refractivity (Wildman–Crippen MR) is 84.2 cm³/mol. The van der Waals surface area contributed by atoms with Crippen LogP contribution in [-0.2, 0) is 9.59 Å². The highest BCUT2D eigenvalue weighted by molar-refractivity contribution is 5.94. The molecule has 0 heterocycles. The van der Waals surface area contributed by atoms with Gasteiger partial charge in [0, 0.05) is 18.7 Å². The van der Waals surface area contributed by atoms with Crippen molar-refractivity contribution in [2.45, 2.75) is 52.5 Å². The second-order valence-corrected chi connectivity index (χ2v) is 6.01. The number of nitrogens with zero attached hydrogens (tertiary/aromatic N) is 1. The van der Waals surface area contributed by atoms with Crippen LogP contribution in [0.4, 0.5) is 5.69 Å². The summed E-state index contributed by atoms with van der Waals surface area (Å²) in [7, 11) is 0. The predicted octanol–water partition coefficient (Wildman–Crippen LogP) is 3.03. The van der Waals surface area contributed by atoms with Gasteiger partial charge in [0.25, 0.3) is 0 Å². The van der Waals surface area contributed by atoms with E-state index in [1.807, 2.05) is 26.0 Å². The molecular formula is C17H24N2O2. The van der Waals surface area contributed by atoms with Gasteiger partial charge >= 0.3 is 0 Å². The SMILES string of the molecule is CC(=O)N(CC(=O)Nc1cc(C)cc(C)c1)C1CCCC1. The second-order valence-electron chi connectivity index (χ2n) is 6.01. The second kappa shape index (κ2) is 6.74. The Morgan fingerprint density at radius 1 is 1.14 bits per heavy atom. The van der Waals surface area contributed by atoms with Gasteiger partial charge < -0.3 is 10.2 Å². The number of amides is 2. The van der Waals surface area contributed by atoms with E-state index in [1.54, 1.807) is 11.8 Å². The van der Waals surface area contributed by atoms with Crippen LogP contribution in [0.3, 0.4) is 0 Å². The Bertz CT molecular complexity index is 513. The lowest BCUT2D eigenvalue weighted by atomic mass is 10.1. The van der Waals surface area contributed by atoms with Crippen LogP contribution in [0.5, 0.6) is 0 Å². The molecule has 4 heteroatoms. The summed E-state index contributed by atoms with van der Waals surface area (Å²) in [4.78, 5) is 25.7. The van der Waals surface area contributed by atoms with Gasteiger partial charge in [-0.3, -0.25) is 9.59 Å². The van der Waals surface area contributed by atoms with Gasteiger partial charge in [-0.25, -0.2) is 0 Å². The van der Waals surface area contributed by atoms with Crippen molar-refractivity contribution in [3.8, 4) is 0 Å². The Hall–Kier alpha value is -1.84. The molecule has 1 aliphatic rings. The van der Waals surface area contributed by atoms with E-state index in [1.165, 1.54) is 0 Å². The van der Waals surface area contributed by atoms with E-state index in [0.717, 1.165) is 42.5 Å². The summed E-state index contributed by atoms with van der Waals surface area (Å²) >= 11 is 0. The van der Waals surface area contributed by atoms with Crippen LogP contribution in [0.15, 0.2) is 18.2 Å². The van der Waals surface area contributed by atoms with Gasteiger partial charge in [-0.1, -0.05) is 18.9 Å². The zero-order chi connectivity index (χ0) is 15.4. The molecule has 0 unspecified atom stereocenters. The van der Waals surface area contributed by atoms with E-state index in [2.05, 4.69) is 11.4 Å². The molecule has 1 fully saturated rings. The van der Waals surface area contributed by atoms with E-state index in [0.29, 0.717) is 0 Å². The number of carbonyl (C=O) groups is 2. The lowest BCUT2D eigenvalue weighted by Crippen LogP contribution is -2.42. The monoisotopic (exact) mass is 288 g/mol. The van der Waals surface area contributed by atoms with Crippen LogP contribution in [0.1, 0.15) is 43.7 Å². The first-order chi connectivity index (χ1) is 9.95. The topological polar surface area (TPSA) is 49.4 Å². The highest BCUT2D eigenvalue weighted by Crippen LogP contribution is 2.23. The molecule has 0 radical (unpaired) electrons. The third-order valence-corrected chi connectivity index (χ3v) is 3.99. The Morgan fingerprint density at radius 3 is 2.24 bits per heavy atom. The van der Waals surface area contributed by atoms with Gasteiger partial charge in [-0.05, 0) is 49.9 Å². The molecule has 21 heavy (non-hydrogen) atoms. The van der Waals surface area contributed by atoms with Crippen LogP contribution in [0, 0.1) is 13.8 Å². The average molecular weight is 288 g/mol. The molecule has 0 spiro atoms. The van der Waals surface area contributed by atoms with E-state index < -0.39 is 0 Å². The summed E-state index contributed by atoms with van der Waals surface area (Å²) in [5, 5.41) is 2.90. The quantitative estimate of drug-likeness (QED) is 0.925. The zero-order valence-electron chi connectivity index (χ0n) is 13.1. The molecule has 0 aromatic heterocycles. The minimum absolute atomic E-state index is 0.0162. The first-order valence-electron chi connectivity index (χ1n) is 7.61. The maximum absolute atomic E-state index is 12.2. The van der Waals surface area contributed by atoms with Crippen molar-refractivity contribution >= 4 is 17.5 Å². The molecule has 0 bridgehead atoms. The van der Waals surface area contributed by atoms with Gasteiger partial charge in [0.05, 0.1) is 0 Å². The van der Waals surface area contributed by atoms with Gasteiger partial charge in [-0.2, -0.15) is 0 Å². The molecule has 0 aliphatic heterocycles. The van der Waals surface area contributed by atoms with Crippen molar-refractivity contribution in [2.24, 2.45) is 0 Å². The number of rotatable bonds is 4. The Morgan fingerprint density at radius 2 is 1.71 bits per heavy atom. The summed E-state index contributed by atoms with van der Waals surface area (Å²) in [5.41, 5.74) is 3.03. The summed E-state index contributed by atoms with van der Waals surface area (Å²) in [6.07, 6.45) is 4.31. The first kappa shape index (κ1) is 15.5. The smallest absolute Gasteiger partial charge is 0.244 e. The number of benzene rings is 1. The summed E-state index contributed by atoms with van der Waals surface area (Å²) in [6.45, 7) is 5.70. The highest BCUT2D eigenvalue weighted by Gasteiger charge is 2.26. The number of carbonyl (C=O) groups excluding carboxylic acids is 2. The molecule has 1 aromatic rings. The molecule has 0 saturated heterocycles. The fraction of sp³-hybridized carbons (Fsp3) is 0.529. The summed E-state index contributed by atoms with van der Waals surface area (Å²) < 4.78 is 0. The molecule has 1 aliphatic carbocycles. The number of hydrogen-bond donors (Lipinski definition) is 1. The van der Waals surface area contributed by atoms with Gasteiger partial charge in [-0.15, -0.1) is 0 Å². The van der Waals surface area contributed by atoms with Crippen molar-refractivity contribution in [3.05, 3.63) is 29.3 Å². The Labute approximate surface area is 126 Å². The molecular weight excluding hydrogens is 264 g/mol. The number of nitrogens with one attached hydrogen (secondary N) is 1. The Kier molecular flexibility index (Phi) is 4.99. The molecule has 114 valence electrons. The maximum Gasteiger partial charge on any atom is 0.244 e. The number of anilines is 1. The lowest BCUT2D eigenvalue weighted by Gasteiger charge is -2.27. The van der Waals surface area contributed by atoms with E-state index in [9.17, 15) is 9.59 Å². The van der Waals surface area contributed by atoms with Crippen LogP contribution >= 0.6 is 0 Å². The lowest BCUT2D eigenvalue weighted by molar-refractivity contribution is -0.135. The molecule has 1 saturated carbocycles. The Balaban J connectivity index is 2.00. The summed E-state index contributed by atoms with van der Waals surface area (Å²) in [5.74, 6) is -0.139. The van der Waals surface area contributed by atoms with E-state index in [-0.39, 0.29) is 24.4 Å². The highest BCUT2D eigenvalue weighted by atomic mass is 16.2. The van der Waals surface area contributed by atoms with Crippen LogP contribution < -0.4 is 5.32 Å². The van der Waals surface area contributed by atoms with Crippen molar-refractivity contribution in [1.29, 1.82) is 0 Å². The molecule has 1 N–H and O–H groups in total. The molecule has 2 amide bonds. The normalized spacial score (nSPS) is 15.0. The molecule has 1 aromatic carbocycles. The van der Waals surface area contributed by atoms with Gasteiger partial charge in [0.2, 0.25) is 11.8 Å². The van der Waals surface area contributed by atoms with Crippen LogP contribution in [-0.4, -0.2) is 29.3 Å². The van der Waals surface area contributed by atoms with Crippen molar-refractivity contribution in [3.63, 3.8) is 0 Å². The number of aryl methyl sites for hydroxylation is 2. The molecule has 4 nitrogen and oxygen atoms in total. The third kappa shape index (κ3) is 4.31. The van der Waals surface area contributed by atoms with Crippen molar-refractivity contribution in [2.75, 3.05) is 11.9 Å². The average Bonchev–Trinajstić information content (AvgIpc) is 2.87. The van der Waals surface area contributed by atoms with E-state index in [4.69, 9.17) is 0 Å². The molecule has 2 rings (SSSR count). The van der Waals surface area contributed by atoms with Crippen LogP contribution in [0.2, 0.25) is 0 Å².